The summed E-state index contributed by atoms with van der Waals surface area (Å²) in [7, 11) is -3.42. The molecule has 1 aromatic carbocycles. The number of carbonyl (C=O) groups excluding carboxylic acids is 1. The molecule has 6 nitrogen and oxygen atoms in total. The molecule has 0 bridgehead atoms. The molecule has 7 heteroatoms. The van der Waals surface area contributed by atoms with Crippen molar-refractivity contribution in [3.8, 4) is 0 Å². The molecule has 19 heavy (non-hydrogen) atoms. The Labute approximate surface area is 113 Å². The molecule has 4 N–H and O–H groups in total. The lowest BCUT2D eigenvalue weighted by Gasteiger charge is -2.13. The van der Waals surface area contributed by atoms with E-state index in [2.05, 4.69) is 10.0 Å². The summed E-state index contributed by atoms with van der Waals surface area (Å²) in [6.07, 6.45) is 1.04. The van der Waals surface area contributed by atoms with E-state index in [0.29, 0.717) is 13.1 Å². The summed E-state index contributed by atoms with van der Waals surface area (Å²) in [6.45, 7) is 2.84. The first-order valence-corrected chi connectivity index (χ1v) is 7.77. The van der Waals surface area contributed by atoms with Gasteiger partial charge in [-0.05, 0) is 24.6 Å². The molecule has 1 atom stereocenters. The zero-order valence-electron chi connectivity index (χ0n) is 11.0. The van der Waals surface area contributed by atoms with E-state index in [9.17, 15) is 13.2 Å². The van der Waals surface area contributed by atoms with Gasteiger partial charge in [0, 0.05) is 6.54 Å². The molecule has 0 saturated heterocycles. The Morgan fingerprint density at radius 3 is 2.58 bits per heavy atom. The van der Waals surface area contributed by atoms with Crippen LogP contribution in [0.25, 0.3) is 0 Å². The molecule has 0 aliphatic rings. The Hall–Kier alpha value is -1.60. The van der Waals surface area contributed by atoms with Crippen LogP contribution in [0.5, 0.6) is 0 Å². The highest BCUT2D eigenvalue weighted by molar-refractivity contribution is 7.92. The minimum atomic E-state index is -3.42. The van der Waals surface area contributed by atoms with E-state index in [1.807, 2.05) is 6.92 Å². The van der Waals surface area contributed by atoms with Crippen molar-refractivity contribution >= 4 is 21.6 Å². The third-order valence-corrected chi connectivity index (χ3v) is 3.07. The van der Waals surface area contributed by atoms with Gasteiger partial charge in [0.05, 0.1) is 17.5 Å². The van der Waals surface area contributed by atoms with Crippen LogP contribution in [0.3, 0.4) is 0 Å². The fourth-order valence-electron chi connectivity index (χ4n) is 1.42. The average molecular weight is 285 g/mol. The van der Waals surface area contributed by atoms with Crippen LogP contribution >= 0.6 is 0 Å². The van der Waals surface area contributed by atoms with E-state index >= 15 is 0 Å². The van der Waals surface area contributed by atoms with E-state index < -0.39 is 10.0 Å². The summed E-state index contributed by atoms with van der Waals surface area (Å²) >= 11 is 0. The monoisotopic (exact) mass is 285 g/mol. The SMILES string of the molecule is CC(CN)CNC(=O)c1ccccc1NS(C)(=O)=O. The van der Waals surface area contributed by atoms with Crippen molar-refractivity contribution in [2.75, 3.05) is 24.1 Å². The molecule has 0 spiro atoms. The number of rotatable bonds is 6. The third kappa shape index (κ3) is 5.27. The van der Waals surface area contributed by atoms with Crippen molar-refractivity contribution in [2.24, 2.45) is 11.7 Å². The van der Waals surface area contributed by atoms with E-state index in [1.165, 1.54) is 0 Å². The van der Waals surface area contributed by atoms with Gasteiger partial charge in [-0.25, -0.2) is 8.42 Å². The van der Waals surface area contributed by atoms with Gasteiger partial charge in [-0.3, -0.25) is 9.52 Å². The maximum absolute atomic E-state index is 12.0. The second-order valence-corrected chi connectivity index (χ2v) is 6.22. The highest BCUT2D eigenvalue weighted by atomic mass is 32.2. The van der Waals surface area contributed by atoms with Crippen molar-refractivity contribution in [1.82, 2.24) is 5.32 Å². The molecule has 106 valence electrons. The largest absolute Gasteiger partial charge is 0.352 e. The third-order valence-electron chi connectivity index (χ3n) is 2.48. The maximum Gasteiger partial charge on any atom is 0.253 e. The summed E-state index contributed by atoms with van der Waals surface area (Å²) in [5.41, 5.74) is 6.02. The highest BCUT2D eigenvalue weighted by Gasteiger charge is 2.13. The smallest absolute Gasteiger partial charge is 0.253 e. The fourth-order valence-corrected chi connectivity index (χ4v) is 1.99. The number of hydrogen-bond donors (Lipinski definition) is 3. The molecule has 0 saturated carbocycles. The van der Waals surface area contributed by atoms with Gasteiger partial charge in [0.1, 0.15) is 0 Å². The molecule has 1 rings (SSSR count). The summed E-state index contributed by atoms with van der Waals surface area (Å²) in [4.78, 5) is 12.0. The molecule has 1 amide bonds. The van der Waals surface area contributed by atoms with Gasteiger partial charge in [-0.1, -0.05) is 19.1 Å². The first-order chi connectivity index (χ1) is 8.83. The van der Waals surface area contributed by atoms with Gasteiger partial charge >= 0.3 is 0 Å². The highest BCUT2D eigenvalue weighted by Crippen LogP contribution is 2.16. The molecule has 0 aliphatic carbocycles. The summed E-state index contributed by atoms with van der Waals surface area (Å²) in [5.74, 6) is -0.161. The maximum atomic E-state index is 12.0. The van der Waals surface area contributed by atoms with Crippen LogP contribution in [0.15, 0.2) is 24.3 Å². The molecule has 0 radical (unpaired) electrons. The van der Waals surface area contributed by atoms with Crippen LogP contribution < -0.4 is 15.8 Å². The van der Waals surface area contributed by atoms with Gasteiger partial charge in [0.2, 0.25) is 10.0 Å². The molecule has 1 unspecified atom stereocenters. The van der Waals surface area contributed by atoms with E-state index in [1.54, 1.807) is 24.3 Å². The van der Waals surface area contributed by atoms with E-state index in [4.69, 9.17) is 5.73 Å². The predicted molar refractivity (Wildman–Crippen MR) is 75.5 cm³/mol. The molecular weight excluding hydrogens is 266 g/mol. The number of benzene rings is 1. The van der Waals surface area contributed by atoms with Crippen molar-refractivity contribution in [1.29, 1.82) is 0 Å². The predicted octanol–water partition coefficient (Wildman–Crippen LogP) is 0.383. The van der Waals surface area contributed by atoms with Crippen molar-refractivity contribution < 1.29 is 13.2 Å². The molecular formula is C12H19N3O3S. The Morgan fingerprint density at radius 2 is 2.00 bits per heavy atom. The van der Waals surface area contributed by atoms with Crippen LogP contribution in [0.1, 0.15) is 17.3 Å². The second-order valence-electron chi connectivity index (χ2n) is 4.47. The minimum absolute atomic E-state index is 0.166. The summed E-state index contributed by atoms with van der Waals surface area (Å²) in [6, 6.07) is 6.44. The van der Waals surface area contributed by atoms with Crippen LogP contribution in [0, 0.1) is 5.92 Å². The van der Waals surface area contributed by atoms with Crippen LogP contribution in [-0.2, 0) is 10.0 Å². The zero-order valence-corrected chi connectivity index (χ0v) is 11.8. The number of amides is 1. The van der Waals surface area contributed by atoms with Gasteiger partial charge < -0.3 is 11.1 Å². The first-order valence-electron chi connectivity index (χ1n) is 5.88. The molecule has 0 heterocycles. The second kappa shape index (κ2) is 6.53. The molecule has 0 aliphatic heterocycles. The lowest BCUT2D eigenvalue weighted by molar-refractivity contribution is 0.0949. The number of sulfonamides is 1. The van der Waals surface area contributed by atoms with Crippen molar-refractivity contribution in [2.45, 2.75) is 6.92 Å². The standard InChI is InChI=1S/C12H19N3O3S/c1-9(7-13)8-14-12(16)10-5-3-4-6-11(10)15-19(2,17)18/h3-6,9,15H,7-8,13H2,1-2H3,(H,14,16). The summed E-state index contributed by atoms with van der Waals surface area (Å²) < 4.78 is 24.8. The van der Waals surface area contributed by atoms with Crippen molar-refractivity contribution in [3.63, 3.8) is 0 Å². The number of nitrogens with one attached hydrogen (secondary N) is 2. The van der Waals surface area contributed by atoms with Crippen molar-refractivity contribution in [3.05, 3.63) is 29.8 Å². The zero-order chi connectivity index (χ0) is 14.5. The Balaban J connectivity index is 2.85. The van der Waals surface area contributed by atoms with Gasteiger partial charge in [0.15, 0.2) is 0 Å². The quantitative estimate of drug-likeness (QED) is 0.703. The average Bonchev–Trinajstić information content (AvgIpc) is 2.34. The van der Waals surface area contributed by atoms with E-state index in [-0.39, 0.29) is 23.1 Å². The first kappa shape index (κ1) is 15.5. The number of hydrogen-bond acceptors (Lipinski definition) is 4. The van der Waals surface area contributed by atoms with Gasteiger partial charge in [0.25, 0.3) is 5.91 Å². The Kier molecular flexibility index (Phi) is 5.31. The lowest BCUT2D eigenvalue weighted by atomic mass is 10.1. The normalized spacial score (nSPS) is 12.8. The van der Waals surface area contributed by atoms with Crippen LogP contribution in [0.4, 0.5) is 5.69 Å². The van der Waals surface area contributed by atoms with Gasteiger partial charge in [-0.2, -0.15) is 0 Å². The number of carbonyl (C=O) groups is 1. The topological polar surface area (TPSA) is 101 Å². The van der Waals surface area contributed by atoms with Crippen LogP contribution in [-0.4, -0.2) is 33.7 Å². The molecule has 1 aromatic rings. The molecule has 0 fully saturated rings. The fraction of sp³-hybridized carbons (Fsp3) is 0.417. The van der Waals surface area contributed by atoms with E-state index in [0.717, 1.165) is 6.26 Å². The summed E-state index contributed by atoms with van der Waals surface area (Å²) in [5, 5.41) is 2.72. The lowest BCUT2D eigenvalue weighted by Crippen LogP contribution is -2.31. The Morgan fingerprint density at radius 1 is 1.37 bits per heavy atom. The van der Waals surface area contributed by atoms with Crippen LogP contribution in [0.2, 0.25) is 0 Å². The Bertz CT molecular complexity index is 543. The number of para-hydroxylation sites is 1. The number of anilines is 1. The molecule has 0 aromatic heterocycles. The minimum Gasteiger partial charge on any atom is -0.352 e. The van der Waals surface area contributed by atoms with Gasteiger partial charge in [-0.15, -0.1) is 0 Å². The number of nitrogens with two attached hydrogens (primary N) is 1.